The number of amides is 1. The highest BCUT2D eigenvalue weighted by Gasteiger charge is 2.27. The summed E-state index contributed by atoms with van der Waals surface area (Å²) in [5.74, 6) is -0.480. The summed E-state index contributed by atoms with van der Waals surface area (Å²) in [5.41, 5.74) is 5.93. The number of hydrogen-bond acceptors (Lipinski definition) is 5. The number of aryl methyl sites for hydroxylation is 1. The Bertz CT molecular complexity index is 1550. The number of hydrogen-bond donors (Lipinski definition) is 0. The maximum absolute atomic E-state index is 14.6. The number of carbonyl (C=O) groups is 1. The molecule has 6 rings (SSSR count). The molecule has 34 heavy (non-hydrogen) atoms. The Morgan fingerprint density at radius 2 is 1.97 bits per heavy atom. The number of halogens is 1. The van der Waals surface area contributed by atoms with E-state index >= 15 is 0 Å². The van der Waals surface area contributed by atoms with Crippen molar-refractivity contribution in [3.63, 3.8) is 0 Å². The molecule has 0 saturated carbocycles. The number of aromatic nitrogens is 6. The molecule has 1 aliphatic heterocycles. The Labute approximate surface area is 194 Å². The minimum atomic E-state index is -0.333. The molecule has 168 valence electrons. The van der Waals surface area contributed by atoms with Crippen LogP contribution in [0.2, 0.25) is 0 Å². The van der Waals surface area contributed by atoms with Crippen LogP contribution < -0.4 is 0 Å². The Morgan fingerprint density at radius 3 is 2.82 bits per heavy atom. The smallest absolute Gasteiger partial charge is 0.256 e. The van der Waals surface area contributed by atoms with Gasteiger partial charge < -0.3 is 4.90 Å². The molecule has 5 aromatic rings. The average Bonchev–Trinajstić information content (AvgIpc) is 3.51. The first-order valence-electron chi connectivity index (χ1n) is 10.9. The van der Waals surface area contributed by atoms with Crippen LogP contribution in [0, 0.1) is 5.82 Å². The molecule has 9 heteroatoms. The molecule has 1 aromatic carbocycles. The van der Waals surface area contributed by atoms with Gasteiger partial charge in [-0.1, -0.05) is 17.3 Å². The van der Waals surface area contributed by atoms with E-state index in [-0.39, 0.29) is 18.3 Å². The molecule has 0 radical (unpaired) electrons. The van der Waals surface area contributed by atoms with Gasteiger partial charge in [-0.05, 0) is 42.0 Å². The highest BCUT2D eigenvalue weighted by atomic mass is 19.1. The van der Waals surface area contributed by atoms with Gasteiger partial charge in [-0.2, -0.15) is 5.10 Å². The van der Waals surface area contributed by atoms with Crippen LogP contribution in [0.15, 0.2) is 67.1 Å². The highest BCUT2D eigenvalue weighted by Crippen LogP contribution is 2.27. The monoisotopic (exact) mass is 453 g/mol. The third-order valence-corrected chi connectivity index (χ3v) is 6.14. The maximum Gasteiger partial charge on any atom is 0.256 e. The Morgan fingerprint density at radius 1 is 1.06 bits per heavy atom. The molecule has 0 aliphatic carbocycles. The van der Waals surface area contributed by atoms with Gasteiger partial charge in [0.25, 0.3) is 5.91 Å². The summed E-state index contributed by atoms with van der Waals surface area (Å²) in [4.78, 5) is 19.7. The van der Waals surface area contributed by atoms with Gasteiger partial charge in [0.05, 0.1) is 40.6 Å². The lowest BCUT2D eigenvalue weighted by atomic mass is 10.0. The summed E-state index contributed by atoms with van der Waals surface area (Å²) >= 11 is 0. The Balaban J connectivity index is 1.28. The SMILES string of the molecule is Cn1cc(-c2ccc(F)c(CN3CCc4nc(-c5cccc6cnnn56)ccc4C3=O)c2)cn1. The van der Waals surface area contributed by atoms with Crippen molar-refractivity contribution in [1.29, 1.82) is 0 Å². The molecule has 0 spiro atoms. The van der Waals surface area contributed by atoms with E-state index in [0.29, 0.717) is 24.1 Å². The summed E-state index contributed by atoms with van der Waals surface area (Å²) in [6.45, 7) is 0.657. The third kappa shape index (κ3) is 3.42. The molecule has 0 fully saturated rings. The predicted octanol–water partition coefficient (Wildman–Crippen LogP) is 3.53. The lowest BCUT2D eigenvalue weighted by Gasteiger charge is -2.28. The van der Waals surface area contributed by atoms with Gasteiger partial charge in [0, 0.05) is 43.9 Å². The van der Waals surface area contributed by atoms with Gasteiger partial charge in [-0.25, -0.2) is 8.91 Å². The first-order valence-corrected chi connectivity index (χ1v) is 10.9. The van der Waals surface area contributed by atoms with Gasteiger partial charge in [0.1, 0.15) is 5.82 Å². The minimum Gasteiger partial charge on any atom is -0.334 e. The number of benzene rings is 1. The van der Waals surface area contributed by atoms with Crippen LogP contribution in [0.4, 0.5) is 4.39 Å². The van der Waals surface area contributed by atoms with Gasteiger partial charge in [-0.3, -0.25) is 14.5 Å². The quantitative estimate of drug-likeness (QED) is 0.416. The fourth-order valence-corrected chi connectivity index (χ4v) is 4.39. The largest absolute Gasteiger partial charge is 0.334 e. The number of rotatable bonds is 4. The topological polar surface area (TPSA) is 81.2 Å². The van der Waals surface area contributed by atoms with E-state index in [9.17, 15) is 9.18 Å². The lowest BCUT2D eigenvalue weighted by molar-refractivity contribution is 0.0723. The van der Waals surface area contributed by atoms with Crippen molar-refractivity contribution in [3.8, 4) is 22.5 Å². The van der Waals surface area contributed by atoms with Crippen LogP contribution >= 0.6 is 0 Å². The fourth-order valence-electron chi connectivity index (χ4n) is 4.39. The van der Waals surface area contributed by atoms with Crippen LogP contribution in [-0.2, 0) is 20.0 Å². The fraction of sp³-hybridized carbons (Fsp3) is 0.160. The standard InChI is InChI=1S/C25H20FN7O/c1-31-14-18(12-28-31)16-5-7-21(26)17(11-16)15-32-10-9-22-20(25(32)34)6-8-23(29-22)24-4-2-3-19-13-27-30-33(19)24/h2-8,11-14H,9-10,15H2,1H3. The summed E-state index contributed by atoms with van der Waals surface area (Å²) in [6, 6.07) is 14.3. The number of fused-ring (bicyclic) bond motifs is 2. The Kier molecular flexibility index (Phi) is 4.68. The van der Waals surface area contributed by atoms with E-state index in [2.05, 4.69) is 15.4 Å². The van der Waals surface area contributed by atoms with Crippen LogP contribution in [0.3, 0.4) is 0 Å². The zero-order chi connectivity index (χ0) is 23.2. The minimum absolute atomic E-state index is 0.148. The zero-order valence-corrected chi connectivity index (χ0v) is 18.4. The van der Waals surface area contributed by atoms with Crippen molar-refractivity contribution in [3.05, 3.63) is 89.8 Å². The molecule has 0 saturated heterocycles. The van der Waals surface area contributed by atoms with E-state index in [0.717, 1.165) is 33.7 Å². The molecular formula is C25H20FN7O. The Hall–Kier alpha value is -4.40. The van der Waals surface area contributed by atoms with E-state index in [1.165, 1.54) is 6.07 Å². The molecule has 1 amide bonds. The number of nitrogens with zero attached hydrogens (tertiary/aromatic N) is 7. The number of pyridine rings is 2. The molecule has 8 nitrogen and oxygen atoms in total. The van der Waals surface area contributed by atoms with Crippen molar-refractivity contribution in [2.75, 3.05) is 6.54 Å². The van der Waals surface area contributed by atoms with E-state index < -0.39 is 0 Å². The second-order valence-electron chi connectivity index (χ2n) is 8.36. The molecule has 0 bridgehead atoms. The maximum atomic E-state index is 14.6. The van der Waals surface area contributed by atoms with Crippen molar-refractivity contribution >= 4 is 11.4 Å². The van der Waals surface area contributed by atoms with Crippen molar-refractivity contribution in [2.45, 2.75) is 13.0 Å². The van der Waals surface area contributed by atoms with Crippen LogP contribution in [0.25, 0.3) is 28.0 Å². The molecule has 4 aromatic heterocycles. The van der Waals surface area contributed by atoms with Crippen molar-refractivity contribution in [1.82, 2.24) is 34.5 Å². The summed E-state index contributed by atoms with van der Waals surface area (Å²) in [6.07, 6.45) is 5.89. The van der Waals surface area contributed by atoms with Crippen LogP contribution in [0.1, 0.15) is 21.6 Å². The zero-order valence-electron chi connectivity index (χ0n) is 18.4. The summed E-state index contributed by atoms with van der Waals surface area (Å²) in [5, 5.41) is 12.3. The molecule has 0 atom stereocenters. The second-order valence-corrected chi connectivity index (χ2v) is 8.36. The van der Waals surface area contributed by atoms with Crippen LogP contribution in [0.5, 0.6) is 0 Å². The lowest BCUT2D eigenvalue weighted by Crippen LogP contribution is -2.37. The van der Waals surface area contributed by atoms with E-state index in [1.807, 2.05) is 37.5 Å². The summed E-state index contributed by atoms with van der Waals surface area (Å²) in [7, 11) is 1.84. The molecule has 5 heterocycles. The normalized spacial score (nSPS) is 13.5. The van der Waals surface area contributed by atoms with Gasteiger partial charge in [-0.15, -0.1) is 5.10 Å². The number of carbonyl (C=O) groups excluding carboxylic acids is 1. The van der Waals surface area contributed by atoms with Crippen LogP contribution in [-0.4, -0.2) is 46.9 Å². The van der Waals surface area contributed by atoms with Gasteiger partial charge in [0.2, 0.25) is 0 Å². The van der Waals surface area contributed by atoms with E-state index in [4.69, 9.17) is 4.98 Å². The first kappa shape index (κ1) is 20.2. The van der Waals surface area contributed by atoms with Crippen molar-refractivity contribution in [2.24, 2.45) is 7.05 Å². The molecule has 0 N–H and O–H groups in total. The van der Waals surface area contributed by atoms with Gasteiger partial charge in [0.15, 0.2) is 0 Å². The van der Waals surface area contributed by atoms with E-state index in [1.54, 1.807) is 44.7 Å². The average molecular weight is 453 g/mol. The van der Waals surface area contributed by atoms with Gasteiger partial charge >= 0.3 is 0 Å². The summed E-state index contributed by atoms with van der Waals surface area (Å²) < 4.78 is 18.1. The highest BCUT2D eigenvalue weighted by molar-refractivity contribution is 5.96. The third-order valence-electron chi connectivity index (χ3n) is 6.14. The molecule has 0 unspecified atom stereocenters. The molecule has 1 aliphatic rings. The molecular weight excluding hydrogens is 433 g/mol. The second kappa shape index (κ2) is 7.87. The predicted molar refractivity (Wildman–Crippen MR) is 123 cm³/mol. The van der Waals surface area contributed by atoms with Crippen molar-refractivity contribution < 1.29 is 9.18 Å². The first-order chi connectivity index (χ1) is 16.6.